The van der Waals surface area contributed by atoms with Crippen molar-refractivity contribution in [2.24, 2.45) is 5.92 Å². The SMILES string of the molecule is CCC1OCCC1C(=O)c1cccc2ccncc12. The van der Waals surface area contributed by atoms with Crippen molar-refractivity contribution in [3.63, 3.8) is 0 Å². The Morgan fingerprint density at radius 2 is 2.32 bits per heavy atom. The largest absolute Gasteiger partial charge is 0.377 e. The summed E-state index contributed by atoms with van der Waals surface area (Å²) in [7, 11) is 0. The lowest BCUT2D eigenvalue weighted by Gasteiger charge is -2.16. The van der Waals surface area contributed by atoms with Crippen molar-refractivity contribution in [2.45, 2.75) is 25.9 Å². The van der Waals surface area contributed by atoms with Crippen molar-refractivity contribution in [2.75, 3.05) is 6.61 Å². The molecule has 0 spiro atoms. The van der Waals surface area contributed by atoms with Crippen molar-refractivity contribution < 1.29 is 9.53 Å². The molecule has 2 heterocycles. The van der Waals surface area contributed by atoms with E-state index in [0.29, 0.717) is 6.61 Å². The summed E-state index contributed by atoms with van der Waals surface area (Å²) in [4.78, 5) is 16.9. The maximum atomic E-state index is 12.7. The number of Topliss-reactive ketones (excluding diaryl/α,β-unsaturated/α-hetero) is 1. The quantitative estimate of drug-likeness (QED) is 0.790. The minimum absolute atomic E-state index is 0.00388. The molecule has 2 unspecified atom stereocenters. The van der Waals surface area contributed by atoms with Crippen LogP contribution in [0.3, 0.4) is 0 Å². The number of aromatic nitrogens is 1. The van der Waals surface area contributed by atoms with Crippen LogP contribution in [-0.2, 0) is 4.74 Å². The molecule has 3 heteroatoms. The Hall–Kier alpha value is -1.74. The molecule has 1 aliphatic heterocycles. The van der Waals surface area contributed by atoms with Crippen molar-refractivity contribution in [3.05, 3.63) is 42.2 Å². The smallest absolute Gasteiger partial charge is 0.169 e. The first-order valence-corrected chi connectivity index (χ1v) is 6.80. The molecule has 19 heavy (non-hydrogen) atoms. The third kappa shape index (κ3) is 2.15. The van der Waals surface area contributed by atoms with Crippen LogP contribution in [0.5, 0.6) is 0 Å². The van der Waals surface area contributed by atoms with Crippen LogP contribution in [0, 0.1) is 5.92 Å². The maximum absolute atomic E-state index is 12.7. The fourth-order valence-corrected chi connectivity index (χ4v) is 2.88. The van der Waals surface area contributed by atoms with Crippen LogP contribution in [0.2, 0.25) is 0 Å². The van der Waals surface area contributed by atoms with Gasteiger partial charge in [0.15, 0.2) is 5.78 Å². The van der Waals surface area contributed by atoms with Crippen molar-refractivity contribution in [1.29, 1.82) is 0 Å². The van der Waals surface area contributed by atoms with Crippen LogP contribution >= 0.6 is 0 Å². The Labute approximate surface area is 112 Å². The second-order valence-corrected chi connectivity index (χ2v) is 4.98. The van der Waals surface area contributed by atoms with Gasteiger partial charge >= 0.3 is 0 Å². The Morgan fingerprint density at radius 1 is 1.42 bits per heavy atom. The minimum Gasteiger partial charge on any atom is -0.377 e. The monoisotopic (exact) mass is 255 g/mol. The zero-order valence-corrected chi connectivity index (χ0v) is 11.0. The standard InChI is InChI=1S/C16H17NO2/c1-2-15-13(7-9-19-15)16(18)12-5-3-4-11-6-8-17-10-14(11)12/h3-6,8,10,13,15H,2,7,9H2,1H3. The molecule has 1 aliphatic rings. The van der Waals surface area contributed by atoms with Gasteiger partial charge in [0, 0.05) is 30.0 Å². The average Bonchev–Trinajstić information content (AvgIpc) is 2.94. The summed E-state index contributed by atoms with van der Waals surface area (Å²) in [5.41, 5.74) is 0.777. The number of pyridine rings is 1. The number of ether oxygens (including phenoxy) is 1. The number of hydrogen-bond acceptors (Lipinski definition) is 3. The van der Waals surface area contributed by atoms with Crippen molar-refractivity contribution in [1.82, 2.24) is 4.98 Å². The molecule has 0 aliphatic carbocycles. The molecule has 0 radical (unpaired) electrons. The fourth-order valence-electron chi connectivity index (χ4n) is 2.88. The lowest BCUT2D eigenvalue weighted by Crippen LogP contribution is -2.24. The van der Waals surface area contributed by atoms with Gasteiger partial charge in [0.05, 0.1) is 12.0 Å². The molecule has 1 aromatic carbocycles. The zero-order chi connectivity index (χ0) is 13.2. The van der Waals surface area contributed by atoms with E-state index in [0.717, 1.165) is 29.2 Å². The maximum Gasteiger partial charge on any atom is 0.169 e. The second kappa shape index (κ2) is 5.10. The summed E-state index contributed by atoms with van der Waals surface area (Å²) in [6, 6.07) is 7.79. The Kier molecular flexibility index (Phi) is 3.30. The van der Waals surface area contributed by atoms with Crippen molar-refractivity contribution >= 4 is 16.6 Å². The predicted octanol–water partition coefficient (Wildman–Crippen LogP) is 3.23. The number of benzene rings is 1. The molecule has 0 bridgehead atoms. The van der Waals surface area contributed by atoms with Crippen LogP contribution in [0.25, 0.3) is 10.8 Å². The number of nitrogens with zero attached hydrogens (tertiary/aromatic N) is 1. The molecule has 3 nitrogen and oxygen atoms in total. The summed E-state index contributed by atoms with van der Waals surface area (Å²) in [6.07, 6.45) is 5.32. The van der Waals surface area contributed by atoms with Gasteiger partial charge in [-0.3, -0.25) is 9.78 Å². The molecular weight excluding hydrogens is 238 g/mol. The molecule has 2 aromatic rings. The summed E-state index contributed by atoms with van der Waals surface area (Å²) in [5.74, 6) is 0.193. The van der Waals surface area contributed by atoms with Gasteiger partial charge in [0.2, 0.25) is 0 Å². The van der Waals surface area contributed by atoms with Crippen LogP contribution in [0.1, 0.15) is 30.1 Å². The first-order chi connectivity index (χ1) is 9.31. The van der Waals surface area contributed by atoms with E-state index in [-0.39, 0.29) is 17.8 Å². The van der Waals surface area contributed by atoms with E-state index >= 15 is 0 Å². The van der Waals surface area contributed by atoms with Crippen LogP contribution in [0.4, 0.5) is 0 Å². The van der Waals surface area contributed by atoms with E-state index in [9.17, 15) is 4.79 Å². The van der Waals surface area contributed by atoms with Crippen molar-refractivity contribution in [3.8, 4) is 0 Å². The molecule has 1 aromatic heterocycles. The first-order valence-electron chi connectivity index (χ1n) is 6.80. The molecule has 2 atom stereocenters. The third-order valence-corrected chi connectivity index (χ3v) is 3.90. The lowest BCUT2D eigenvalue weighted by atomic mass is 9.89. The fraction of sp³-hybridized carbons (Fsp3) is 0.375. The van der Waals surface area contributed by atoms with E-state index in [1.54, 1.807) is 12.4 Å². The molecule has 1 saturated heterocycles. The summed E-state index contributed by atoms with van der Waals surface area (Å²) >= 11 is 0. The molecular formula is C16H17NO2. The lowest BCUT2D eigenvalue weighted by molar-refractivity contribution is 0.0690. The highest BCUT2D eigenvalue weighted by Crippen LogP contribution is 2.29. The van der Waals surface area contributed by atoms with Gasteiger partial charge in [0.1, 0.15) is 0 Å². The zero-order valence-electron chi connectivity index (χ0n) is 11.0. The molecule has 3 rings (SSSR count). The summed E-state index contributed by atoms with van der Waals surface area (Å²) < 4.78 is 5.63. The molecule has 1 fully saturated rings. The second-order valence-electron chi connectivity index (χ2n) is 4.98. The average molecular weight is 255 g/mol. The van der Waals surface area contributed by atoms with Gasteiger partial charge in [-0.1, -0.05) is 25.1 Å². The number of rotatable bonds is 3. The number of ketones is 1. The van der Waals surface area contributed by atoms with Crippen LogP contribution in [0.15, 0.2) is 36.7 Å². The Morgan fingerprint density at radius 3 is 3.16 bits per heavy atom. The molecule has 0 N–H and O–H groups in total. The van der Waals surface area contributed by atoms with Gasteiger partial charge in [-0.05, 0) is 24.3 Å². The molecule has 0 amide bonds. The molecule has 98 valence electrons. The number of carbonyl (C=O) groups is 1. The Bertz CT molecular complexity index is 603. The van der Waals surface area contributed by atoms with E-state index in [1.165, 1.54) is 0 Å². The Balaban J connectivity index is 2.02. The van der Waals surface area contributed by atoms with Gasteiger partial charge in [0.25, 0.3) is 0 Å². The van der Waals surface area contributed by atoms with Gasteiger partial charge < -0.3 is 4.74 Å². The van der Waals surface area contributed by atoms with Crippen LogP contribution in [-0.4, -0.2) is 23.5 Å². The molecule has 0 saturated carbocycles. The van der Waals surface area contributed by atoms with Gasteiger partial charge in [-0.15, -0.1) is 0 Å². The third-order valence-electron chi connectivity index (χ3n) is 3.90. The highest BCUT2D eigenvalue weighted by atomic mass is 16.5. The first kappa shape index (κ1) is 12.3. The van der Waals surface area contributed by atoms with Gasteiger partial charge in [-0.2, -0.15) is 0 Å². The summed E-state index contributed by atoms with van der Waals surface area (Å²) in [5, 5.41) is 2.00. The highest BCUT2D eigenvalue weighted by molar-refractivity contribution is 6.09. The van der Waals surface area contributed by atoms with Gasteiger partial charge in [-0.25, -0.2) is 0 Å². The predicted molar refractivity (Wildman–Crippen MR) is 74.2 cm³/mol. The van der Waals surface area contributed by atoms with E-state index in [2.05, 4.69) is 11.9 Å². The normalized spacial score (nSPS) is 22.8. The minimum atomic E-state index is -0.00388. The topological polar surface area (TPSA) is 39.2 Å². The van der Waals surface area contributed by atoms with E-state index < -0.39 is 0 Å². The number of carbonyl (C=O) groups excluding carboxylic acids is 1. The van der Waals surface area contributed by atoms with Crippen LogP contribution < -0.4 is 0 Å². The summed E-state index contributed by atoms with van der Waals surface area (Å²) in [6.45, 7) is 2.76. The van der Waals surface area contributed by atoms with E-state index in [1.807, 2.05) is 24.3 Å². The highest BCUT2D eigenvalue weighted by Gasteiger charge is 2.33. The number of hydrogen-bond donors (Lipinski definition) is 0. The number of fused-ring (bicyclic) bond motifs is 1. The van der Waals surface area contributed by atoms with E-state index in [4.69, 9.17) is 4.74 Å².